The van der Waals surface area contributed by atoms with E-state index in [1.165, 1.54) is 0 Å². The lowest BCUT2D eigenvalue weighted by atomic mass is 9.86. The molecule has 0 aliphatic rings. The topological polar surface area (TPSA) is 63.1 Å². The van der Waals surface area contributed by atoms with Gasteiger partial charge in [0.05, 0.1) is 17.8 Å². The molecule has 1 aromatic heterocycles. The fourth-order valence-electron chi connectivity index (χ4n) is 1.21. The van der Waals surface area contributed by atoms with Gasteiger partial charge in [-0.15, -0.1) is 0 Å². The Kier molecular flexibility index (Phi) is 2.84. The third-order valence-corrected chi connectivity index (χ3v) is 2.07. The first-order valence-corrected chi connectivity index (χ1v) is 4.43. The van der Waals surface area contributed by atoms with E-state index in [-0.39, 0.29) is 6.42 Å². The van der Waals surface area contributed by atoms with Gasteiger partial charge in [-0.1, -0.05) is 13.8 Å². The van der Waals surface area contributed by atoms with Crippen LogP contribution in [0.5, 0.6) is 0 Å². The van der Waals surface area contributed by atoms with Crippen LogP contribution in [0.1, 0.15) is 31.7 Å². The lowest BCUT2D eigenvalue weighted by Crippen LogP contribution is -2.23. The minimum Gasteiger partial charge on any atom is -0.481 e. The Labute approximate surface area is 83.0 Å². The first kappa shape index (κ1) is 10.6. The third kappa shape index (κ3) is 2.52. The molecule has 0 radical (unpaired) electrons. The highest BCUT2D eigenvalue weighted by Gasteiger charge is 2.25. The van der Waals surface area contributed by atoms with Crippen molar-refractivity contribution in [1.29, 1.82) is 0 Å². The van der Waals surface area contributed by atoms with Gasteiger partial charge in [-0.2, -0.15) is 0 Å². The molecule has 0 bridgehead atoms. The number of aromatic nitrogens is 2. The van der Waals surface area contributed by atoms with Crippen molar-refractivity contribution in [3.63, 3.8) is 0 Å². The largest absolute Gasteiger partial charge is 0.481 e. The summed E-state index contributed by atoms with van der Waals surface area (Å²) in [7, 11) is 0. The second-order valence-corrected chi connectivity index (χ2v) is 4.00. The Bertz CT molecular complexity index is 330. The van der Waals surface area contributed by atoms with Crippen molar-refractivity contribution in [3.8, 4) is 0 Å². The first-order valence-electron chi connectivity index (χ1n) is 4.43. The standard InChI is InChI=1S/C10H14N2O2/c1-7-5-12-8(6-11-7)10(2,3)4-9(13)14/h5-6H,4H2,1-3H3,(H,13,14). The van der Waals surface area contributed by atoms with Crippen LogP contribution in [0.3, 0.4) is 0 Å². The molecule has 0 aliphatic heterocycles. The zero-order chi connectivity index (χ0) is 10.8. The van der Waals surface area contributed by atoms with Crippen molar-refractivity contribution in [1.82, 2.24) is 9.97 Å². The van der Waals surface area contributed by atoms with Crippen LogP contribution in [0.2, 0.25) is 0 Å². The van der Waals surface area contributed by atoms with Crippen LogP contribution in [0, 0.1) is 6.92 Å². The number of carboxylic acids is 1. The van der Waals surface area contributed by atoms with E-state index in [4.69, 9.17) is 5.11 Å². The molecule has 0 fully saturated rings. The van der Waals surface area contributed by atoms with Crippen LogP contribution >= 0.6 is 0 Å². The summed E-state index contributed by atoms with van der Waals surface area (Å²) in [5, 5.41) is 8.72. The minimum absolute atomic E-state index is 0.0603. The average molecular weight is 194 g/mol. The van der Waals surface area contributed by atoms with Crippen LogP contribution in [-0.4, -0.2) is 21.0 Å². The van der Waals surface area contributed by atoms with Gasteiger partial charge in [0.2, 0.25) is 0 Å². The predicted molar refractivity (Wildman–Crippen MR) is 52.0 cm³/mol. The molecule has 0 atom stereocenters. The van der Waals surface area contributed by atoms with Crippen molar-refractivity contribution in [3.05, 3.63) is 23.8 Å². The molecular weight excluding hydrogens is 180 g/mol. The molecule has 0 spiro atoms. The molecule has 76 valence electrons. The number of hydrogen-bond donors (Lipinski definition) is 1. The van der Waals surface area contributed by atoms with Gasteiger partial charge in [-0.3, -0.25) is 14.8 Å². The molecule has 1 aromatic rings. The average Bonchev–Trinajstić information content (AvgIpc) is 2.02. The summed E-state index contributed by atoms with van der Waals surface area (Å²) in [6.45, 7) is 5.54. The van der Waals surface area contributed by atoms with E-state index in [1.807, 2.05) is 20.8 Å². The molecular formula is C10H14N2O2. The monoisotopic (exact) mass is 194 g/mol. The second kappa shape index (κ2) is 3.74. The van der Waals surface area contributed by atoms with E-state index in [2.05, 4.69) is 9.97 Å². The van der Waals surface area contributed by atoms with Crippen LogP contribution in [0.25, 0.3) is 0 Å². The lowest BCUT2D eigenvalue weighted by Gasteiger charge is -2.20. The summed E-state index contributed by atoms with van der Waals surface area (Å²) in [4.78, 5) is 18.9. The molecule has 1 rings (SSSR count). The fraction of sp³-hybridized carbons (Fsp3) is 0.500. The molecule has 0 amide bonds. The number of aliphatic carboxylic acids is 1. The van der Waals surface area contributed by atoms with Crippen LogP contribution in [0.15, 0.2) is 12.4 Å². The van der Waals surface area contributed by atoms with Crippen molar-refractivity contribution in [2.45, 2.75) is 32.6 Å². The second-order valence-electron chi connectivity index (χ2n) is 4.00. The molecule has 0 unspecified atom stereocenters. The van der Waals surface area contributed by atoms with Gasteiger partial charge >= 0.3 is 5.97 Å². The van der Waals surface area contributed by atoms with E-state index in [0.29, 0.717) is 5.69 Å². The lowest BCUT2D eigenvalue weighted by molar-refractivity contribution is -0.138. The Morgan fingerprint density at radius 3 is 2.50 bits per heavy atom. The van der Waals surface area contributed by atoms with Gasteiger partial charge in [0.25, 0.3) is 0 Å². The number of carbonyl (C=O) groups is 1. The SMILES string of the molecule is Cc1cnc(C(C)(C)CC(=O)O)cn1. The summed E-state index contributed by atoms with van der Waals surface area (Å²) in [6.07, 6.45) is 3.35. The highest BCUT2D eigenvalue weighted by molar-refractivity contribution is 5.68. The zero-order valence-electron chi connectivity index (χ0n) is 8.61. The fourth-order valence-corrected chi connectivity index (χ4v) is 1.21. The van der Waals surface area contributed by atoms with E-state index in [0.717, 1.165) is 5.69 Å². The third-order valence-electron chi connectivity index (χ3n) is 2.07. The van der Waals surface area contributed by atoms with Crippen molar-refractivity contribution in [2.24, 2.45) is 0 Å². The molecule has 1 heterocycles. The van der Waals surface area contributed by atoms with Crippen LogP contribution in [-0.2, 0) is 10.2 Å². The van der Waals surface area contributed by atoms with Gasteiger partial charge < -0.3 is 5.11 Å². The maximum atomic E-state index is 10.6. The Morgan fingerprint density at radius 2 is 2.07 bits per heavy atom. The van der Waals surface area contributed by atoms with E-state index in [9.17, 15) is 4.79 Å². The van der Waals surface area contributed by atoms with Gasteiger partial charge in [-0.25, -0.2) is 0 Å². The summed E-state index contributed by atoms with van der Waals surface area (Å²) in [6, 6.07) is 0. The number of rotatable bonds is 3. The number of hydrogen-bond acceptors (Lipinski definition) is 3. The molecule has 4 heteroatoms. The summed E-state index contributed by atoms with van der Waals surface area (Å²) < 4.78 is 0. The maximum absolute atomic E-state index is 10.6. The molecule has 14 heavy (non-hydrogen) atoms. The van der Waals surface area contributed by atoms with Crippen molar-refractivity contribution < 1.29 is 9.90 Å². The molecule has 1 N–H and O–H groups in total. The van der Waals surface area contributed by atoms with Gasteiger partial charge in [-0.05, 0) is 6.92 Å². The van der Waals surface area contributed by atoms with Crippen LogP contribution in [0.4, 0.5) is 0 Å². The van der Waals surface area contributed by atoms with E-state index in [1.54, 1.807) is 12.4 Å². The summed E-state index contributed by atoms with van der Waals surface area (Å²) >= 11 is 0. The molecule has 0 aliphatic carbocycles. The highest BCUT2D eigenvalue weighted by atomic mass is 16.4. The molecule has 0 saturated heterocycles. The van der Waals surface area contributed by atoms with Crippen LogP contribution < -0.4 is 0 Å². The van der Waals surface area contributed by atoms with Gasteiger partial charge in [0.1, 0.15) is 0 Å². The van der Waals surface area contributed by atoms with Crippen molar-refractivity contribution >= 4 is 5.97 Å². The predicted octanol–water partition coefficient (Wildman–Crippen LogP) is 1.54. The molecule has 4 nitrogen and oxygen atoms in total. The Hall–Kier alpha value is -1.45. The van der Waals surface area contributed by atoms with Crippen molar-refractivity contribution in [2.75, 3.05) is 0 Å². The number of nitrogens with zero attached hydrogens (tertiary/aromatic N) is 2. The normalized spacial score (nSPS) is 11.4. The Balaban J connectivity index is 2.91. The molecule has 0 aromatic carbocycles. The highest BCUT2D eigenvalue weighted by Crippen LogP contribution is 2.24. The maximum Gasteiger partial charge on any atom is 0.304 e. The molecule has 0 saturated carbocycles. The van der Waals surface area contributed by atoms with Gasteiger partial charge in [0.15, 0.2) is 0 Å². The van der Waals surface area contributed by atoms with E-state index < -0.39 is 11.4 Å². The first-order chi connectivity index (χ1) is 6.42. The Morgan fingerprint density at radius 1 is 1.43 bits per heavy atom. The summed E-state index contributed by atoms with van der Waals surface area (Å²) in [5.74, 6) is -0.822. The number of carboxylic acid groups (broad SMARTS) is 1. The van der Waals surface area contributed by atoms with E-state index >= 15 is 0 Å². The van der Waals surface area contributed by atoms with Gasteiger partial charge in [0, 0.05) is 17.8 Å². The zero-order valence-corrected chi connectivity index (χ0v) is 8.61. The smallest absolute Gasteiger partial charge is 0.304 e. The summed E-state index contributed by atoms with van der Waals surface area (Å²) in [5.41, 5.74) is 1.08. The minimum atomic E-state index is -0.822. The number of aryl methyl sites for hydroxylation is 1. The quantitative estimate of drug-likeness (QED) is 0.792.